The molecule has 3 aliphatic heterocycles. The van der Waals surface area contributed by atoms with Crippen molar-refractivity contribution >= 4 is 41.2 Å². The molecule has 2 unspecified atom stereocenters. The molecule has 1 aromatic rings. The number of aromatic nitrogens is 3. The van der Waals surface area contributed by atoms with Crippen molar-refractivity contribution in [2.75, 3.05) is 19.6 Å². The summed E-state index contributed by atoms with van der Waals surface area (Å²) in [4.78, 5) is 51.9. The van der Waals surface area contributed by atoms with Crippen molar-refractivity contribution in [2.24, 2.45) is 0 Å². The van der Waals surface area contributed by atoms with E-state index in [-0.39, 0.29) is 38.1 Å². The molecule has 5 rings (SSSR count). The third-order valence-corrected chi connectivity index (χ3v) is 9.16. The van der Waals surface area contributed by atoms with Gasteiger partial charge in [0.2, 0.25) is 0 Å². The Hall–Kier alpha value is -2.42. The third-order valence-electron chi connectivity index (χ3n) is 6.29. The van der Waals surface area contributed by atoms with Crippen LogP contribution in [0.4, 0.5) is 0 Å². The van der Waals surface area contributed by atoms with Gasteiger partial charge in [-0.2, -0.15) is 0 Å². The summed E-state index contributed by atoms with van der Waals surface area (Å²) >= 11 is -3.80. The number of rotatable bonds is 7. The van der Waals surface area contributed by atoms with Gasteiger partial charge in [-0.3, -0.25) is 4.79 Å². The fraction of sp³-hybridized carbons (Fsp3) is 0.700. The molecule has 13 nitrogen and oxygen atoms in total. The van der Waals surface area contributed by atoms with Crippen LogP contribution < -0.4 is 0 Å². The first kappa shape index (κ1) is 24.7. The summed E-state index contributed by atoms with van der Waals surface area (Å²) in [5, 5.41) is 17.1. The van der Waals surface area contributed by atoms with Crippen molar-refractivity contribution in [1.29, 1.82) is 0 Å². The summed E-state index contributed by atoms with van der Waals surface area (Å²) in [7, 11) is 0. The fourth-order valence-electron chi connectivity index (χ4n) is 4.81. The van der Waals surface area contributed by atoms with Gasteiger partial charge in [-0.25, -0.2) is 0 Å². The van der Waals surface area contributed by atoms with Crippen molar-refractivity contribution in [3.63, 3.8) is 0 Å². The molecule has 0 spiro atoms. The van der Waals surface area contributed by atoms with E-state index in [0.717, 1.165) is 25.7 Å². The van der Waals surface area contributed by atoms with E-state index < -0.39 is 41.2 Å². The summed E-state index contributed by atoms with van der Waals surface area (Å²) in [5.74, 6) is -2.48. The van der Waals surface area contributed by atoms with Crippen molar-refractivity contribution in [3.8, 4) is 0 Å². The quantitative estimate of drug-likeness (QED) is 0.357. The predicted octanol–water partition coefficient (Wildman–Crippen LogP) is -0.410. The molecule has 4 heterocycles. The van der Waals surface area contributed by atoms with Crippen LogP contribution in [0.5, 0.6) is 0 Å². The average molecular weight is 534 g/mol. The molecule has 2 bridgehead atoms. The van der Waals surface area contributed by atoms with E-state index in [9.17, 15) is 19.2 Å². The molecule has 0 amide bonds. The van der Waals surface area contributed by atoms with Gasteiger partial charge < -0.3 is 5.11 Å². The number of nitrogens with zero attached hydrogens (tertiary/aromatic N) is 5. The van der Waals surface area contributed by atoms with Gasteiger partial charge in [-0.05, 0) is 0 Å². The number of carboxylic acids is 1. The first-order valence-electron chi connectivity index (χ1n) is 11.5. The SMILES string of the molecule is O=C(O)CCCCn1cc(CN2CC(=O)[O][68Ga]3[O]C(=O)CN(CC(=O)[O]3)C3CCCCC32)nn1. The zero-order chi connectivity index (χ0) is 24.1. The molecule has 4 aliphatic rings. The molecule has 1 aliphatic carbocycles. The van der Waals surface area contributed by atoms with Crippen LogP contribution in [0.1, 0.15) is 50.6 Å². The molecule has 14 heteroatoms. The second kappa shape index (κ2) is 11.3. The average Bonchev–Trinajstić information content (AvgIpc) is 3.20. The number of carbonyl (C=O) groups is 4. The molecule has 2 atom stereocenters. The summed E-state index contributed by atoms with van der Waals surface area (Å²) < 4.78 is 17.5. The summed E-state index contributed by atoms with van der Waals surface area (Å²) in [6.45, 7) is 0.764. The van der Waals surface area contributed by atoms with Gasteiger partial charge in [0, 0.05) is 0 Å². The molecule has 4 fully saturated rings. The Kier molecular flexibility index (Phi) is 8.23. The van der Waals surface area contributed by atoms with Crippen molar-refractivity contribution in [2.45, 2.75) is 70.1 Å². The molecular weight excluding hydrogens is 506 g/mol. The number of hydrogen-bond acceptors (Lipinski definition) is 11. The number of aryl methyl sites for hydroxylation is 1. The number of aliphatic carboxylic acids is 1. The van der Waals surface area contributed by atoms with Gasteiger partial charge in [0.15, 0.2) is 0 Å². The molecule has 34 heavy (non-hydrogen) atoms. The van der Waals surface area contributed by atoms with Gasteiger partial charge >= 0.3 is 193 Å². The number of carboxylic acid groups (broad SMARTS) is 1. The molecule has 184 valence electrons. The molecule has 1 N–H and O–H groups in total. The predicted molar refractivity (Wildman–Crippen MR) is 114 cm³/mol. The van der Waals surface area contributed by atoms with Crippen molar-refractivity contribution in [1.82, 2.24) is 24.8 Å². The van der Waals surface area contributed by atoms with Crippen LogP contribution in [0, 0.1) is 0 Å². The van der Waals surface area contributed by atoms with Gasteiger partial charge in [0.1, 0.15) is 0 Å². The maximum atomic E-state index is 12.7. The number of hydrogen-bond donors (Lipinski definition) is 1. The molecule has 0 radical (unpaired) electrons. The van der Waals surface area contributed by atoms with Crippen LogP contribution in [0.2, 0.25) is 0 Å². The van der Waals surface area contributed by atoms with Crippen LogP contribution >= 0.6 is 0 Å². The van der Waals surface area contributed by atoms with Crippen LogP contribution in [-0.2, 0) is 42.9 Å². The van der Waals surface area contributed by atoms with E-state index in [1.807, 2.05) is 4.90 Å². The van der Waals surface area contributed by atoms with Gasteiger partial charge in [0.25, 0.3) is 0 Å². The van der Waals surface area contributed by atoms with Crippen LogP contribution in [0.3, 0.4) is 0 Å². The first-order valence-corrected chi connectivity index (χ1v) is 14.5. The normalized spacial score (nSPS) is 26.1. The van der Waals surface area contributed by atoms with E-state index in [1.165, 1.54) is 0 Å². The number of unbranched alkanes of at least 4 members (excludes halogenated alkanes) is 1. The molecule has 3 saturated heterocycles. The van der Waals surface area contributed by atoms with Crippen LogP contribution in [-0.4, -0.2) is 103 Å². The second-order valence-electron chi connectivity index (χ2n) is 8.81. The Morgan fingerprint density at radius 3 is 2.32 bits per heavy atom. The summed E-state index contributed by atoms with van der Waals surface area (Å²) in [6.07, 6.45) is 6.62. The molecular formula is C20H28GaN5O8. The first-order chi connectivity index (χ1) is 16.4. The zero-order valence-corrected chi connectivity index (χ0v) is 21.3. The number of carbonyl (C=O) groups excluding carboxylic acids is 3. The molecule has 0 aromatic carbocycles. The standard InChI is InChI=1S/C20H31N5O8.Ga/c26-17(27)7-3-4-8-25-10-14(21-22-25)9-23(11-18(28)29)15-5-1-2-6-16(15)24(12-19(30)31)13-20(32)33;/h10,15-16H,1-9,11-13H2,(H,26,27)(H,28,29)(H,30,31)(H,32,33);/q;+3/p-3/i;1-2. The second-order valence-corrected chi connectivity index (χ2v) is 11.5. The van der Waals surface area contributed by atoms with Crippen LogP contribution in [0.25, 0.3) is 0 Å². The van der Waals surface area contributed by atoms with E-state index in [2.05, 4.69) is 10.3 Å². The molecule has 1 saturated carbocycles. The Balaban J connectivity index is 1.52. The summed E-state index contributed by atoms with van der Waals surface area (Å²) in [6, 6.07) is -0.223. The minimum atomic E-state index is -3.80. The number of fused-ring (bicyclic) bond motifs is 7. The van der Waals surface area contributed by atoms with E-state index in [0.29, 0.717) is 31.6 Å². The van der Waals surface area contributed by atoms with Crippen molar-refractivity contribution < 1.29 is 34.9 Å². The van der Waals surface area contributed by atoms with E-state index >= 15 is 0 Å². The zero-order valence-electron chi connectivity index (χ0n) is 18.8. The fourth-order valence-corrected chi connectivity index (χ4v) is 6.93. The van der Waals surface area contributed by atoms with Gasteiger partial charge in [0.05, 0.1) is 0 Å². The minimum absolute atomic E-state index is 0.0443. The Bertz CT molecular complexity index is 907. The third kappa shape index (κ3) is 6.58. The van der Waals surface area contributed by atoms with Crippen molar-refractivity contribution in [3.05, 3.63) is 11.9 Å². The van der Waals surface area contributed by atoms with Gasteiger partial charge in [-0.1, -0.05) is 0 Å². The Labute approximate surface area is 202 Å². The van der Waals surface area contributed by atoms with E-state index in [1.54, 1.807) is 15.8 Å². The van der Waals surface area contributed by atoms with E-state index in [4.69, 9.17) is 15.7 Å². The maximum absolute atomic E-state index is 12.7. The van der Waals surface area contributed by atoms with Gasteiger partial charge in [-0.15, -0.1) is 0 Å². The van der Waals surface area contributed by atoms with Crippen LogP contribution in [0.15, 0.2) is 6.20 Å². The molecule has 1 aromatic heterocycles. The monoisotopic (exact) mass is 534 g/mol. The Morgan fingerprint density at radius 2 is 1.65 bits per heavy atom. The Morgan fingerprint density at radius 1 is 1.00 bits per heavy atom. The summed E-state index contributed by atoms with van der Waals surface area (Å²) in [5.41, 5.74) is 0.671. The topological polar surface area (TPSA) is 153 Å².